The Morgan fingerprint density at radius 3 is 1.84 bits per heavy atom. The quantitative estimate of drug-likeness (QED) is 0.181. The minimum Gasteiger partial charge on any atom is -0.456 e. The van der Waals surface area contributed by atoms with Crippen LogP contribution in [0.25, 0.3) is 76.5 Å². The molecule has 0 radical (unpaired) electrons. The predicted molar refractivity (Wildman–Crippen MR) is 229 cm³/mol. The molecule has 9 aromatic carbocycles. The summed E-state index contributed by atoms with van der Waals surface area (Å²) in [5, 5.41) is 12.9. The van der Waals surface area contributed by atoms with Crippen LogP contribution in [0.3, 0.4) is 0 Å². The van der Waals surface area contributed by atoms with Crippen molar-refractivity contribution in [2.24, 2.45) is 9.98 Å². The highest BCUT2D eigenvalue weighted by Gasteiger charge is 2.26. The van der Waals surface area contributed by atoms with E-state index in [1.54, 1.807) is 0 Å². The molecule has 0 aliphatic carbocycles. The molecule has 258 valence electrons. The summed E-state index contributed by atoms with van der Waals surface area (Å²) >= 11 is 0. The first-order chi connectivity index (χ1) is 27.2. The molecule has 0 fully saturated rings. The fourth-order valence-electron chi connectivity index (χ4n) is 8.22. The van der Waals surface area contributed by atoms with Gasteiger partial charge in [-0.2, -0.15) is 0 Å². The van der Waals surface area contributed by atoms with Crippen LogP contribution in [0.1, 0.15) is 22.9 Å². The Balaban J connectivity index is 1.15. The van der Waals surface area contributed by atoms with Crippen molar-refractivity contribution in [2.75, 3.05) is 0 Å². The molecule has 1 unspecified atom stereocenters. The summed E-state index contributed by atoms with van der Waals surface area (Å²) in [5.41, 5.74) is 9.20. The second kappa shape index (κ2) is 12.7. The average Bonchev–Trinajstić information content (AvgIpc) is 3.64. The maximum atomic E-state index is 6.62. The Morgan fingerprint density at radius 2 is 1.05 bits per heavy atom. The molecule has 10 aromatic rings. The van der Waals surface area contributed by atoms with E-state index in [4.69, 9.17) is 14.4 Å². The van der Waals surface area contributed by atoms with Crippen LogP contribution in [0.5, 0.6) is 0 Å². The number of hydrogen-bond acceptors (Lipinski definition) is 4. The van der Waals surface area contributed by atoms with Gasteiger partial charge in [0.25, 0.3) is 0 Å². The van der Waals surface area contributed by atoms with E-state index in [2.05, 4.69) is 175 Å². The Bertz CT molecular complexity index is 3180. The molecule has 4 heteroatoms. The summed E-state index contributed by atoms with van der Waals surface area (Å²) in [5.74, 6) is 1.43. The number of aliphatic imine (C=N–C) groups is 2. The molecular weight excluding hydrogens is 671 g/mol. The zero-order chi connectivity index (χ0) is 36.3. The maximum Gasteiger partial charge on any atom is 0.160 e. The highest BCUT2D eigenvalue weighted by atomic mass is 16.3. The number of furan rings is 1. The van der Waals surface area contributed by atoms with Gasteiger partial charge in [-0.3, -0.25) is 0 Å². The lowest BCUT2D eigenvalue weighted by molar-refractivity contribution is 0.668. The highest BCUT2D eigenvalue weighted by Crippen LogP contribution is 2.39. The molecule has 0 bridgehead atoms. The molecule has 0 amide bonds. The maximum absolute atomic E-state index is 6.62. The number of para-hydroxylation sites is 1. The number of nitrogens with one attached hydrogen (secondary N) is 1. The van der Waals surface area contributed by atoms with Crippen LogP contribution in [0.4, 0.5) is 0 Å². The van der Waals surface area contributed by atoms with Gasteiger partial charge in [0.15, 0.2) is 5.84 Å². The van der Waals surface area contributed by atoms with Crippen molar-refractivity contribution in [2.45, 2.75) is 6.17 Å². The van der Waals surface area contributed by atoms with E-state index in [1.807, 2.05) is 18.2 Å². The van der Waals surface area contributed by atoms with Gasteiger partial charge < -0.3 is 9.73 Å². The second-order valence-corrected chi connectivity index (χ2v) is 14.2. The van der Waals surface area contributed by atoms with Crippen molar-refractivity contribution in [1.82, 2.24) is 5.32 Å². The lowest BCUT2D eigenvalue weighted by atomic mass is 9.94. The molecule has 0 saturated carbocycles. The van der Waals surface area contributed by atoms with Crippen molar-refractivity contribution in [1.29, 1.82) is 0 Å². The molecule has 0 spiro atoms. The van der Waals surface area contributed by atoms with Crippen molar-refractivity contribution in [3.05, 3.63) is 205 Å². The minimum absolute atomic E-state index is 0.397. The topological polar surface area (TPSA) is 49.9 Å². The largest absolute Gasteiger partial charge is 0.456 e. The number of nitrogens with zero attached hydrogens (tertiary/aromatic N) is 2. The molecule has 1 aliphatic heterocycles. The van der Waals surface area contributed by atoms with E-state index >= 15 is 0 Å². The van der Waals surface area contributed by atoms with Gasteiger partial charge in [-0.25, -0.2) is 9.98 Å². The Kier molecular flexibility index (Phi) is 7.20. The van der Waals surface area contributed by atoms with Crippen molar-refractivity contribution >= 4 is 65.9 Å². The third kappa shape index (κ3) is 5.38. The summed E-state index contributed by atoms with van der Waals surface area (Å²) in [6.45, 7) is 0. The van der Waals surface area contributed by atoms with E-state index in [9.17, 15) is 0 Å². The summed E-state index contributed by atoms with van der Waals surface area (Å²) in [6, 6.07) is 66.4. The molecule has 1 atom stereocenters. The molecule has 0 saturated heterocycles. The number of benzene rings is 9. The van der Waals surface area contributed by atoms with Gasteiger partial charge in [-0.1, -0.05) is 152 Å². The minimum atomic E-state index is -0.397. The zero-order valence-corrected chi connectivity index (χ0v) is 29.8. The SMILES string of the molecule is c1ccc(C2=NC(c3cc(-c4ccc5ccc(-c6ccccc6)cc5c4)cc4oc5ccccc5c34)=NC(c3cc4ccccc4c4ccccc34)N2)cc1. The van der Waals surface area contributed by atoms with Crippen molar-refractivity contribution in [3.8, 4) is 22.3 Å². The lowest BCUT2D eigenvalue weighted by Crippen LogP contribution is -2.33. The van der Waals surface area contributed by atoms with Gasteiger partial charge in [0.1, 0.15) is 23.2 Å². The lowest BCUT2D eigenvalue weighted by Gasteiger charge is -2.25. The fourth-order valence-corrected chi connectivity index (χ4v) is 8.22. The van der Waals surface area contributed by atoms with Crippen LogP contribution >= 0.6 is 0 Å². The van der Waals surface area contributed by atoms with E-state index in [1.165, 1.54) is 38.1 Å². The van der Waals surface area contributed by atoms with Crippen molar-refractivity contribution < 1.29 is 4.42 Å². The van der Waals surface area contributed by atoms with E-state index in [-0.39, 0.29) is 0 Å². The van der Waals surface area contributed by atoms with Crippen LogP contribution in [0, 0.1) is 0 Å². The van der Waals surface area contributed by atoms with Crippen LogP contribution in [-0.2, 0) is 0 Å². The second-order valence-electron chi connectivity index (χ2n) is 14.2. The summed E-state index contributed by atoms with van der Waals surface area (Å²) in [6.07, 6.45) is -0.397. The van der Waals surface area contributed by atoms with E-state index < -0.39 is 6.17 Å². The van der Waals surface area contributed by atoms with Crippen LogP contribution in [0.2, 0.25) is 0 Å². The van der Waals surface area contributed by atoms with Gasteiger partial charge in [0.05, 0.1) is 0 Å². The summed E-state index contributed by atoms with van der Waals surface area (Å²) in [7, 11) is 0. The zero-order valence-electron chi connectivity index (χ0n) is 29.8. The predicted octanol–water partition coefficient (Wildman–Crippen LogP) is 12.9. The van der Waals surface area contributed by atoms with Crippen molar-refractivity contribution in [3.63, 3.8) is 0 Å². The third-order valence-corrected chi connectivity index (χ3v) is 10.9. The Morgan fingerprint density at radius 1 is 0.418 bits per heavy atom. The molecule has 1 aromatic heterocycles. The smallest absolute Gasteiger partial charge is 0.160 e. The number of amidine groups is 2. The third-order valence-electron chi connectivity index (χ3n) is 10.9. The first-order valence-electron chi connectivity index (χ1n) is 18.7. The molecular formula is C51H33N3O. The fraction of sp³-hybridized carbons (Fsp3) is 0.0196. The highest BCUT2D eigenvalue weighted by molar-refractivity contribution is 6.23. The van der Waals surface area contributed by atoms with Gasteiger partial charge in [-0.05, 0) is 91.0 Å². The number of hydrogen-bond donors (Lipinski definition) is 1. The van der Waals surface area contributed by atoms with E-state index in [0.29, 0.717) is 5.84 Å². The van der Waals surface area contributed by atoms with E-state index in [0.717, 1.165) is 61.0 Å². The van der Waals surface area contributed by atoms with Gasteiger partial charge >= 0.3 is 0 Å². The first kappa shape index (κ1) is 31.2. The summed E-state index contributed by atoms with van der Waals surface area (Å²) < 4.78 is 6.62. The summed E-state index contributed by atoms with van der Waals surface area (Å²) in [4.78, 5) is 10.8. The molecule has 4 nitrogen and oxygen atoms in total. The molecule has 2 heterocycles. The number of rotatable bonds is 5. The Hall–Kier alpha value is -7.30. The van der Waals surface area contributed by atoms with Gasteiger partial charge in [0.2, 0.25) is 0 Å². The first-order valence-corrected chi connectivity index (χ1v) is 18.7. The standard InChI is InChI=1S/C51H33N3O/c1-3-13-32(14-4-1)35-25-23-33-24-26-36(28-38(33)27-35)39-30-45(48-43-21-11-12-22-46(43)55-47(48)31-39)51-53-49(34-15-5-2-6-16-34)52-50(54-51)44-29-37-17-7-8-18-40(37)41-19-9-10-20-42(41)44/h1-31,50H,(H,52,53,54). The van der Waals surface area contributed by atoms with Crippen LogP contribution in [-0.4, -0.2) is 11.7 Å². The molecule has 11 rings (SSSR count). The normalized spacial score (nSPS) is 14.4. The number of fused-ring (bicyclic) bond motifs is 7. The monoisotopic (exact) mass is 703 g/mol. The Labute approximate surface area is 317 Å². The van der Waals surface area contributed by atoms with Gasteiger partial charge in [0, 0.05) is 27.5 Å². The molecule has 55 heavy (non-hydrogen) atoms. The average molecular weight is 704 g/mol. The molecule has 1 aliphatic rings. The molecule has 1 N–H and O–H groups in total. The van der Waals surface area contributed by atoms with Gasteiger partial charge in [-0.15, -0.1) is 0 Å². The van der Waals surface area contributed by atoms with Crippen LogP contribution in [0.15, 0.2) is 202 Å². The van der Waals surface area contributed by atoms with Crippen LogP contribution < -0.4 is 5.32 Å².